The molecule has 2 N–H and O–H groups in total. The Bertz CT molecular complexity index is 420. The lowest BCUT2D eigenvalue weighted by Crippen LogP contribution is -2.29. The number of benzene rings is 1. The SMILES string of the molecule is CCC[C@H](Nc1ccccc1[N+](=O)[O-])C(=O)O. The number of aliphatic carboxylic acids is 1. The first-order chi connectivity index (χ1) is 8.06. The van der Waals surface area contributed by atoms with Crippen molar-refractivity contribution in [2.75, 3.05) is 5.32 Å². The molecule has 0 unspecified atom stereocenters. The van der Waals surface area contributed by atoms with E-state index in [4.69, 9.17) is 5.11 Å². The van der Waals surface area contributed by atoms with Gasteiger partial charge in [-0.3, -0.25) is 10.1 Å². The molecule has 1 aromatic rings. The highest BCUT2D eigenvalue weighted by Crippen LogP contribution is 2.24. The van der Waals surface area contributed by atoms with Crippen LogP contribution < -0.4 is 5.32 Å². The number of nitro groups is 1. The van der Waals surface area contributed by atoms with Gasteiger partial charge in [0.1, 0.15) is 11.7 Å². The lowest BCUT2D eigenvalue weighted by molar-refractivity contribution is -0.384. The predicted octanol–water partition coefficient (Wildman–Crippen LogP) is 2.26. The molecule has 0 fully saturated rings. The molecule has 0 saturated heterocycles. The first-order valence-corrected chi connectivity index (χ1v) is 5.29. The van der Waals surface area contributed by atoms with Crippen molar-refractivity contribution in [3.05, 3.63) is 34.4 Å². The number of carboxylic acids is 1. The maximum Gasteiger partial charge on any atom is 0.326 e. The van der Waals surface area contributed by atoms with Crippen molar-refractivity contribution in [2.24, 2.45) is 0 Å². The van der Waals surface area contributed by atoms with Gasteiger partial charge in [-0.25, -0.2) is 4.79 Å². The second kappa shape index (κ2) is 5.83. The molecular weight excluding hydrogens is 224 g/mol. The zero-order chi connectivity index (χ0) is 12.8. The summed E-state index contributed by atoms with van der Waals surface area (Å²) in [5, 5.41) is 22.4. The topological polar surface area (TPSA) is 92.5 Å². The second-order valence-corrected chi connectivity index (χ2v) is 3.60. The summed E-state index contributed by atoms with van der Waals surface area (Å²) in [4.78, 5) is 21.2. The molecule has 1 aromatic carbocycles. The number of anilines is 1. The Morgan fingerprint density at radius 2 is 2.18 bits per heavy atom. The van der Waals surface area contributed by atoms with Gasteiger partial charge in [-0.1, -0.05) is 25.5 Å². The van der Waals surface area contributed by atoms with Crippen LogP contribution in [0.25, 0.3) is 0 Å². The van der Waals surface area contributed by atoms with E-state index in [2.05, 4.69) is 5.32 Å². The molecule has 92 valence electrons. The monoisotopic (exact) mass is 238 g/mol. The van der Waals surface area contributed by atoms with Gasteiger partial charge in [0.2, 0.25) is 0 Å². The summed E-state index contributed by atoms with van der Waals surface area (Å²) >= 11 is 0. The van der Waals surface area contributed by atoms with E-state index in [-0.39, 0.29) is 11.4 Å². The standard InChI is InChI=1S/C11H14N2O4/c1-2-5-9(11(14)15)12-8-6-3-4-7-10(8)13(16)17/h3-4,6-7,9,12H,2,5H2,1H3,(H,14,15)/t9-/m0/s1. The molecule has 6 nitrogen and oxygen atoms in total. The molecule has 0 aliphatic carbocycles. The summed E-state index contributed by atoms with van der Waals surface area (Å²) in [5.74, 6) is -1.01. The lowest BCUT2D eigenvalue weighted by atomic mass is 10.1. The van der Waals surface area contributed by atoms with Crippen molar-refractivity contribution < 1.29 is 14.8 Å². The molecule has 0 bridgehead atoms. The fourth-order valence-corrected chi connectivity index (χ4v) is 1.49. The maximum absolute atomic E-state index is 10.9. The number of rotatable bonds is 6. The minimum absolute atomic E-state index is 0.116. The van der Waals surface area contributed by atoms with E-state index < -0.39 is 16.9 Å². The summed E-state index contributed by atoms with van der Waals surface area (Å²) in [6, 6.07) is 5.21. The molecule has 0 radical (unpaired) electrons. The third-order valence-corrected chi connectivity index (χ3v) is 2.31. The molecule has 0 aliphatic heterocycles. The van der Waals surface area contributed by atoms with E-state index in [0.717, 1.165) is 0 Å². The first kappa shape index (κ1) is 13.0. The molecule has 1 atom stereocenters. The Balaban J connectivity index is 2.92. The number of nitrogens with zero attached hydrogens (tertiary/aromatic N) is 1. The van der Waals surface area contributed by atoms with Gasteiger partial charge in [-0.05, 0) is 12.5 Å². The molecule has 0 saturated carbocycles. The third-order valence-electron chi connectivity index (χ3n) is 2.31. The Kier molecular flexibility index (Phi) is 4.45. The molecule has 0 heterocycles. The van der Waals surface area contributed by atoms with Gasteiger partial charge in [-0.2, -0.15) is 0 Å². The largest absolute Gasteiger partial charge is 0.480 e. The quantitative estimate of drug-likeness (QED) is 0.585. The van der Waals surface area contributed by atoms with Crippen LogP contribution in [0.15, 0.2) is 24.3 Å². The van der Waals surface area contributed by atoms with Crippen LogP contribution in [0.5, 0.6) is 0 Å². The minimum Gasteiger partial charge on any atom is -0.480 e. The molecule has 1 rings (SSSR count). The van der Waals surface area contributed by atoms with Gasteiger partial charge in [0.25, 0.3) is 5.69 Å². The van der Waals surface area contributed by atoms with E-state index in [9.17, 15) is 14.9 Å². The average Bonchev–Trinajstić information content (AvgIpc) is 2.28. The number of nitrogens with one attached hydrogen (secondary N) is 1. The predicted molar refractivity (Wildman–Crippen MR) is 63.1 cm³/mol. The van der Waals surface area contributed by atoms with E-state index in [1.807, 2.05) is 6.92 Å². The number of hydrogen-bond acceptors (Lipinski definition) is 4. The normalized spacial score (nSPS) is 11.8. The lowest BCUT2D eigenvalue weighted by Gasteiger charge is -2.14. The zero-order valence-corrected chi connectivity index (χ0v) is 9.42. The molecular formula is C11H14N2O4. The van der Waals surface area contributed by atoms with Gasteiger partial charge in [0.15, 0.2) is 0 Å². The number of para-hydroxylation sites is 2. The smallest absolute Gasteiger partial charge is 0.326 e. The number of carbonyl (C=O) groups is 1. The summed E-state index contributed by atoms with van der Waals surface area (Å²) in [6.07, 6.45) is 1.10. The van der Waals surface area contributed by atoms with E-state index in [1.54, 1.807) is 12.1 Å². The molecule has 6 heteroatoms. The van der Waals surface area contributed by atoms with Gasteiger partial charge < -0.3 is 10.4 Å². The zero-order valence-electron chi connectivity index (χ0n) is 9.42. The van der Waals surface area contributed by atoms with Crippen molar-refractivity contribution in [3.63, 3.8) is 0 Å². The number of hydrogen-bond donors (Lipinski definition) is 2. The van der Waals surface area contributed by atoms with Gasteiger partial charge in [0.05, 0.1) is 4.92 Å². The number of carboxylic acid groups (broad SMARTS) is 1. The third kappa shape index (κ3) is 3.44. The highest BCUT2D eigenvalue weighted by atomic mass is 16.6. The van der Waals surface area contributed by atoms with E-state index in [0.29, 0.717) is 12.8 Å². The van der Waals surface area contributed by atoms with Crippen LogP contribution in [-0.2, 0) is 4.79 Å². The van der Waals surface area contributed by atoms with Crippen LogP contribution in [0.4, 0.5) is 11.4 Å². The average molecular weight is 238 g/mol. The molecule has 0 amide bonds. The highest BCUT2D eigenvalue weighted by molar-refractivity contribution is 5.78. The van der Waals surface area contributed by atoms with Crippen LogP contribution in [-0.4, -0.2) is 22.0 Å². The van der Waals surface area contributed by atoms with Gasteiger partial charge >= 0.3 is 5.97 Å². The van der Waals surface area contributed by atoms with Crippen molar-refractivity contribution >= 4 is 17.3 Å². The van der Waals surface area contributed by atoms with Gasteiger partial charge in [-0.15, -0.1) is 0 Å². The molecule has 0 aromatic heterocycles. The van der Waals surface area contributed by atoms with Crippen LogP contribution in [0.3, 0.4) is 0 Å². The van der Waals surface area contributed by atoms with E-state index in [1.165, 1.54) is 12.1 Å². The molecule has 0 aliphatic rings. The fraction of sp³-hybridized carbons (Fsp3) is 0.364. The highest BCUT2D eigenvalue weighted by Gasteiger charge is 2.20. The summed E-state index contributed by atoms with van der Waals surface area (Å²) in [7, 11) is 0. The maximum atomic E-state index is 10.9. The molecule has 17 heavy (non-hydrogen) atoms. The fourth-order valence-electron chi connectivity index (χ4n) is 1.49. The Morgan fingerprint density at radius 1 is 1.53 bits per heavy atom. The van der Waals surface area contributed by atoms with Crippen LogP contribution in [0, 0.1) is 10.1 Å². The van der Waals surface area contributed by atoms with Crippen LogP contribution >= 0.6 is 0 Å². The van der Waals surface area contributed by atoms with Crippen molar-refractivity contribution in [2.45, 2.75) is 25.8 Å². The molecule has 0 spiro atoms. The second-order valence-electron chi connectivity index (χ2n) is 3.60. The Labute approximate surface area is 98.4 Å². The number of nitro benzene ring substituents is 1. The van der Waals surface area contributed by atoms with Crippen molar-refractivity contribution in [1.29, 1.82) is 0 Å². The van der Waals surface area contributed by atoms with Crippen molar-refractivity contribution in [3.8, 4) is 0 Å². The van der Waals surface area contributed by atoms with Gasteiger partial charge in [0, 0.05) is 6.07 Å². The Hall–Kier alpha value is -2.11. The van der Waals surface area contributed by atoms with Crippen LogP contribution in [0.1, 0.15) is 19.8 Å². The Morgan fingerprint density at radius 3 is 2.71 bits per heavy atom. The van der Waals surface area contributed by atoms with E-state index >= 15 is 0 Å². The first-order valence-electron chi connectivity index (χ1n) is 5.29. The minimum atomic E-state index is -1.01. The van der Waals surface area contributed by atoms with Crippen LogP contribution in [0.2, 0.25) is 0 Å². The summed E-state index contributed by atoms with van der Waals surface area (Å²) in [6.45, 7) is 1.86. The summed E-state index contributed by atoms with van der Waals surface area (Å²) < 4.78 is 0. The van der Waals surface area contributed by atoms with Crippen molar-refractivity contribution in [1.82, 2.24) is 0 Å². The summed E-state index contributed by atoms with van der Waals surface area (Å²) in [5.41, 5.74) is 0.119.